The summed E-state index contributed by atoms with van der Waals surface area (Å²) in [6.07, 6.45) is 7.35. The molecule has 0 aromatic heterocycles. The third-order valence-electron chi connectivity index (χ3n) is 4.25. The van der Waals surface area contributed by atoms with E-state index < -0.39 is 0 Å². The van der Waals surface area contributed by atoms with Gasteiger partial charge in [0.15, 0.2) is 0 Å². The van der Waals surface area contributed by atoms with Crippen LogP contribution in [0, 0.1) is 0 Å². The van der Waals surface area contributed by atoms with Crippen molar-refractivity contribution in [3.63, 3.8) is 0 Å². The zero-order valence-corrected chi connectivity index (χ0v) is 11.3. The summed E-state index contributed by atoms with van der Waals surface area (Å²) in [4.78, 5) is 16.7. The molecular formula is C14H26N2O2. The minimum atomic E-state index is 0.195. The van der Waals surface area contributed by atoms with Gasteiger partial charge in [-0.3, -0.25) is 4.79 Å². The van der Waals surface area contributed by atoms with Gasteiger partial charge in [0.05, 0.1) is 0 Å². The minimum absolute atomic E-state index is 0.195. The maximum atomic E-state index is 12.3. The molecule has 1 amide bonds. The second-order valence-corrected chi connectivity index (χ2v) is 5.55. The van der Waals surface area contributed by atoms with E-state index in [1.165, 1.54) is 19.3 Å². The second-order valence-electron chi connectivity index (χ2n) is 5.55. The van der Waals surface area contributed by atoms with E-state index in [-0.39, 0.29) is 12.6 Å². The summed E-state index contributed by atoms with van der Waals surface area (Å²) in [5, 5.41) is 9.07. The molecule has 18 heavy (non-hydrogen) atoms. The van der Waals surface area contributed by atoms with Crippen molar-refractivity contribution in [1.29, 1.82) is 0 Å². The number of nitrogens with zero attached hydrogens (tertiary/aromatic N) is 2. The van der Waals surface area contributed by atoms with Crippen LogP contribution in [0.1, 0.15) is 44.9 Å². The summed E-state index contributed by atoms with van der Waals surface area (Å²) < 4.78 is 0. The quantitative estimate of drug-likeness (QED) is 0.802. The fourth-order valence-electron chi connectivity index (χ4n) is 3.18. The SMILES string of the molecule is O=C(CCN1CCCC1)N1CCCCC1CCO. The van der Waals surface area contributed by atoms with Crippen LogP contribution >= 0.6 is 0 Å². The van der Waals surface area contributed by atoms with Crippen molar-refractivity contribution in [2.45, 2.75) is 51.0 Å². The first-order valence-corrected chi connectivity index (χ1v) is 7.44. The summed E-state index contributed by atoms with van der Waals surface area (Å²) in [7, 11) is 0. The number of aliphatic hydroxyl groups excluding tert-OH is 1. The molecule has 1 unspecified atom stereocenters. The van der Waals surface area contributed by atoms with Crippen molar-refractivity contribution in [2.75, 3.05) is 32.8 Å². The highest BCUT2D eigenvalue weighted by Gasteiger charge is 2.26. The highest BCUT2D eigenvalue weighted by Crippen LogP contribution is 2.20. The molecule has 2 heterocycles. The Kier molecular flexibility index (Phi) is 5.45. The largest absolute Gasteiger partial charge is 0.396 e. The predicted octanol–water partition coefficient (Wildman–Crippen LogP) is 1.24. The summed E-state index contributed by atoms with van der Waals surface area (Å²) in [6, 6.07) is 0.287. The van der Waals surface area contributed by atoms with E-state index in [9.17, 15) is 4.79 Å². The second kappa shape index (κ2) is 7.10. The van der Waals surface area contributed by atoms with Gasteiger partial charge in [0.2, 0.25) is 5.91 Å². The first-order chi connectivity index (χ1) is 8.81. The van der Waals surface area contributed by atoms with Crippen molar-refractivity contribution in [3.05, 3.63) is 0 Å². The van der Waals surface area contributed by atoms with Gasteiger partial charge in [-0.25, -0.2) is 0 Å². The molecule has 2 rings (SSSR count). The van der Waals surface area contributed by atoms with Crippen molar-refractivity contribution in [3.8, 4) is 0 Å². The highest BCUT2D eigenvalue weighted by atomic mass is 16.3. The van der Waals surface area contributed by atoms with Gasteiger partial charge >= 0.3 is 0 Å². The maximum absolute atomic E-state index is 12.3. The van der Waals surface area contributed by atoms with Gasteiger partial charge in [0, 0.05) is 32.2 Å². The number of aliphatic hydroxyl groups is 1. The zero-order chi connectivity index (χ0) is 12.8. The van der Waals surface area contributed by atoms with Crippen LogP contribution in [0.3, 0.4) is 0 Å². The lowest BCUT2D eigenvalue weighted by atomic mass is 9.99. The number of hydrogen-bond acceptors (Lipinski definition) is 3. The Morgan fingerprint density at radius 1 is 1.11 bits per heavy atom. The van der Waals surface area contributed by atoms with E-state index in [1.54, 1.807) is 0 Å². The molecule has 2 fully saturated rings. The third-order valence-corrected chi connectivity index (χ3v) is 4.25. The first kappa shape index (κ1) is 13.8. The molecule has 1 N–H and O–H groups in total. The standard InChI is InChI=1S/C14H26N2O2/c17-12-7-13-5-1-2-10-16(13)14(18)6-11-15-8-3-4-9-15/h13,17H,1-12H2. The number of likely N-dealkylation sites (tertiary alicyclic amines) is 2. The average Bonchev–Trinajstić information content (AvgIpc) is 2.90. The summed E-state index contributed by atoms with van der Waals surface area (Å²) in [5.41, 5.74) is 0. The van der Waals surface area contributed by atoms with E-state index in [4.69, 9.17) is 5.11 Å². The fourth-order valence-corrected chi connectivity index (χ4v) is 3.18. The van der Waals surface area contributed by atoms with Crippen LogP contribution in [-0.4, -0.2) is 59.6 Å². The monoisotopic (exact) mass is 254 g/mol. The Labute approximate surface area is 110 Å². The molecule has 0 aliphatic carbocycles. The van der Waals surface area contributed by atoms with Crippen molar-refractivity contribution >= 4 is 5.91 Å². The molecule has 2 saturated heterocycles. The van der Waals surface area contributed by atoms with Crippen LogP contribution in [0.25, 0.3) is 0 Å². The smallest absolute Gasteiger partial charge is 0.224 e. The van der Waals surface area contributed by atoms with Crippen LogP contribution in [0.4, 0.5) is 0 Å². The molecule has 0 aromatic rings. The number of hydrogen-bond donors (Lipinski definition) is 1. The van der Waals surface area contributed by atoms with E-state index >= 15 is 0 Å². The third kappa shape index (κ3) is 3.69. The molecule has 0 radical (unpaired) electrons. The maximum Gasteiger partial charge on any atom is 0.224 e. The molecular weight excluding hydrogens is 228 g/mol. The first-order valence-electron chi connectivity index (χ1n) is 7.44. The van der Waals surface area contributed by atoms with Crippen molar-refractivity contribution < 1.29 is 9.90 Å². The van der Waals surface area contributed by atoms with Gasteiger partial charge in [-0.2, -0.15) is 0 Å². The van der Waals surface area contributed by atoms with Gasteiger partial charge < -0.3 is 14.9 Å². The van der Waals surface area contributed by atoms with Crippen LogP contribution in [0.2, 0.25) is 0 Å². The van der Waals surface area contributed by atoms with E-state index in [1.807, 2.05) is 4.90 Å². The van der Waals surface area contributed by atoms with E-state index in [0.29, 0.717) is 12.3 Å². The van der Waals surface area contributed by atoms with E-state index in [0.717, 1.165) is 45.4 Å². The lowest BCUT2D eigenvalue weighted by Gasteiger charge is -2.36. The molecule has 0 bridgehead atoms. The summed E-state index contributed by atoms with van der Waals surface area (Å²) >= 11 is 0. The van der Waals surface area contributed by atoms with Gasteiger partial charge in [0.25, 0.3) is 0 Å². The van der Waals surface area contributed by atoms with Crippen LogP contribution in [0.15, 0.2) is 0 Å². The molecule has 4 heteroatoms. The van der Waals surface area contributed by atoms with Crippen LogP contribution in [-0.2, 0) is 4.79 Å². The Balaban J connectivity index is 1.77. The molecule has 1 atom stereocenters. The van der Waals surface area contributed by atoms with Crippen LogP contribution < -0.4 is 0 Å². The van der Waals surface area contributed by atoms with Gasteiger partial charge in [-0.1, -0.05) is 0 Å². The number of rotatable bonds is 5. The van der Waals surface area contributed by atoms with E-state index in [2.05, 4.69) is 4.90 Å². The zero-order valence-electron chi connectivity index (χ0n) is 11.3. The molecule has 0 aromatic carbocycles. The summed E-state index contributed by atoms with van der Waals surface area (Å²) in [5.74, 6) is 0.292. The van der Waals surface area contributed by atoms with Gasteiger partial charge in [-0.05, 0) is 51.6 Å². The normalized spacial score (nSPS) is 25.6. The Bertz CT molecular complexity index is 263. The fraction of sp³-hybridized carbons (Fsp3) is 0.929. The van der Waals surface area contributed by atoms with Gasteiger partial charge in [-0.15, -0.1) is 0 Å². The Morgan fingerprint density at radius 2 is 1.83 bits per heavy atom. The lowest BCUT2D eigenvalue weighted by Crippen LogP contribution is -2.45. The highest BCUT2D eigenvalue weighted by molar-refractivity contribution is 5.76. The number of carbonyl (C=O) groups excluding carboxylic acids is 1. The number of carbonyl (C=O) groups is 1. The minimum Gasteiger partial charge on any atom is -0.396 e. The molecule has 104 valence electrons. The van der Waals surface area contributed by atoms with Crippen molar-refractivity contribution in [2.24, 2.45) is 0 Å². The van der Waals surface area contributed by atoms with Crippen LogP contribution in [0.5, 0.6) is 0 Å². The molecule has 0 saturated carbocycles. The number of piperidine rings is 1. The van der Waals surface area contributed by atoms with Gasteiger partial charge in [0.1, 0.15) is 0 Å². The summed E-state index contributed by atoms with van der Waals surface area (Å²) in [6.45, 7) is 4.33. The number of amides is 1. The Hall–Kier alpha value is -0.610. The average molecular weight is 254 g/mol. The molecule has 2 aliphatic rings. The molecule has 2 aliphatic heterocycles. The molecule has 4 nitrogen and oxygen atoms in total. The lowest BCUT2D eigenvalue weighted by molar-refractivity contribution is -0.135. The molecule has 0 spiro atoms. The Morgan fingerprint density at radius 3 is 2.56 bits per heavy atom. The predicted molar refractivity (Wildman–Crippen MR) is 71.3 cm³/mol. The topological polar surface area (TPSA) is 43.8 Å². The van der Waals surface area contributed by atoms with Crippen molar-refractivity contribution in [1.82, 2.24) is 9.80 Å².